The second kappa shape index (κ2) is 6.42. The van der Waals surface area contributed by atoms with Crippen molar-refractivity contribution in [3.05, 3.63) is 29.8 Å². The van der Waals surface area contributed by atoms with E-state index in [1.165, 1.54) is 44.1 Å². The number of hydrogen-bond acceptors (Lipinski definition) is 1. The molecular formula is C21H30N2O. The number of anilines is 1. The summed E-state index contributed by atoms with van der Waals surface area (Å²) in [7, 11) is 0. The third-order valence-corrected chi connectivity index (χ3v) is 6.61. The van der Waals surface area contributed by atoms with E-state index in [2.05, 4.69) is 41.8 Å². The zero-order valence-electron chi connectivity index (χ0n) is 14.8. The highest BCUT2D eigenvalue weighted by atomic mass is 16.2. The normalized spacial score (nSPS) is 33.5. The zero-order valence-corrected chi connectivity index (χ0v) is 14.8. The molecule has 0 unspecified atom stereocenters. The van der Waals surface area contributed by atoms with Crippen LogP contribution in [-0.4, -0.2) is 12.6 Å². The van der Waals surface area contributed by atoms with Crippen molar-refractivity contribution < 1.29 is 4.79 Å². The zero-order chi connectivity index (χ0) is 16.6. The summed E-state index contributed by atoms with van der Waals surface area (Å²) in [5.41, 5.74) is 2.85. The van der Waals surface area contributed by atoms with E-state index in [1.54, 1.807) is 0 Å². The highest BCUT2D eigenvalue weighted by Gasteiger charge is 2.51. The standard InChI is InChI=1S/C21H30N2O/c1-2-3-8-22-20(24)23-19-6-4-18(5-7-19)21-12-15-9-16(13-21)11-17(10-15)14-21/h4-7,15-17H,2-3,8-14H2,1H3,(H2,22,23,24). The van der Waals surface area contributed by atoms with Gasteiger partial charge in [0.1, 0.15) is 0 Å². The molecule has 0 spiro atoms. The van der Waals surface area contributed by atoms with Gasteiger partial charge in [0.15, 0.2) is 0 Å². The van der Waals surface area contributed by atoms with E-state index in [0.29, 0.717) is 5.41 Å². The number of carbonyl (C=O) groups excluding carboxylic acids is 1. The lowest BCUT2D eigenvalue weighted by Crippen LogP contribution is -2.48. The summed E-state index contributed by atoms with van der Waals surface area (Å²) in [6, 6.07) is 8.63. The fourth-order valence-electron chi connectivity index (χ4n) is 5.93. The quantitative estimate of drug-likeness (QED) is 0.728. The Hall–Kier alpha value is -1.51. The van der Waals surface area contributed by atoms with Crippen LogP contribution in [-0.2, 0) is 5.41 Å². The SMILES string of the molecule is CCCCNC(=O)Nc1ccc(C23CC4CC(CC(C4)C2)C3)cc1. The molecule has 0 atom stereocenters. The minimum atomic E-state index is -0.0917. The maximum absolute atomic E-state index is 11.9. The highest BCUT2D eigenvalue weighted by Crippen LogP contribution is 2.60. The Bertz CT molecular complexity index is 557. The third-order valence-electron chi connectivity index (χ3n) is 6.61. The molecule has 1 aromatic rings. The summed E-state index contributed by atoms with van der Waals surface area (Å²) in [5.74, 6) is 2.91. The lowest BCUT2D eigenvalue weighted by atomic mass is 9.48. The summed E-state index contributed by atoms with van der Waals surface area (Å²) in [4.78, 5) is 11.9. The molecule has 4 aliphatic carbocycles. The van der Waals surface area contributed by atoms with E-state index in [0.717, 1.165) is 42.8 Å². The molecule has 5 rings (SSSR count). The minimum absolute atomic E-state index is 0.0917. The van der Waals surface area contributed by atoms with Crippen LogP contribution in [0.5, 0.6) is 0 Å². The van der Waals surface area contributed by atoms with Gasteiger partial charge in [0.2, 0.25) is 0 Å². The first-order valence-electron chi connectivity index (χ1n) is 9.82. The molecule has 0 saturated heterocycles. The van der Waals surface area contributed by atoms with Gasteiger partial charge in [0, 0.05) is 12.2 Å². The summed E-state index contributed by atoms with van der Waals surface area (Å²) in [6.07, 6.45) is 10.7. The molecule has 2 amide bonds. The van der Waals surface area contributed by atoms with Crippen LogP contribution in [0.1, 0.15) is 63.9 Å². The third kappa shape index (κ3) is 3.05. The molecule has 0 radical (unpaired) electrons. The van der Waals surface area contributed by atoms with Gasteiger partial charge in [-0.25, -0.2) is 4.79 Å². The van der Waals surface area contributed by atoms with E-state index in [9.17, 15) is 4.79 Å². The van der Waals surface area contributed by atoms with Gasteiger partial charge < -0.3 is 10.6 Å². The van der Waals surface area contributed by atoms with Gasteiger partial charge in [-0.1, -0.05) is 25.5 Å². The number of hydrogen-bond donors (Lipinski definition) is 2. The maximum Gasteiger partial charge on any atom is 0.319 e. The molecular weight excluding hydrogens is 296 g/mol. The Morgan fingerprint density at radius 3 is 2.17 bits per heavy atom. The van der Waals surface area contributed by atoms with Crippen LogP contribution in [0, 0.1) is 17.8 Å². The number of benzene rings is 1. The van der Waals surface area contributed by atoms with Crippen molar-refractivity contribution in [2.24, 2.45) is 17.8 Å². The van der Waals surface area contributed by atoms with Crippen LogP contribution in [0.25, 0.3) is 0 Å². The average molecular weight is 326 g/mol. The molecule has 4 bridgehead atoms. The van der Waals surface area contributed by atoms with Crippen molar-refractivity contribution in [2.75, 3.05) is 11.9 Å². The van der Waals surface area contributed by atoms with Gasteiger partial charge >= 0.3 is 6.03 Å². The monoisotopic (exact) mass is 326 g/mol. The maximum atomic E-state index is 11.9. The number of rotatable bonds is 5. The number of amides is 2. The molecule has 0 aliphatic heterocycles. The van der Waals surface area contributed by atoms with E-state index < -0.39 is 0 Å². The topological polar surface area (TPSA) is 41.1 Å². The molecule has 4 aliphatic rings. The molecule has 24 heavy (non-hydrogen) atoms. The van der Waals surface area contributed by atoms with Gasteiger partial charge in [-0.05, 0) is 85.8 Å². The summed E-state index contributed by atoms with van der Waals surface area (Å²) < 4.78 is 0. The van der Waals surface area contributed by atoms with Crippen molar-refractivity contribution >= 4 is 11.7 Å². The van der Waals surface area contributed by atoms with Crippen LogP contribution >= 0.6 is 0 Å². The van der Waals surface area contributed by atoms with Crippen LogP contribution in [0.4, 0.5) is 10.5 Å². The summed E-state index contributed by atoms with van der Waals surface area (Å²) in [5, 5.41) is 5.86. The molecule has 2 N–H and O–H groups in total. The first-order chi connectivity index (χ1) is 11.7. The van der Waals surface area contributed by atoms with Crippen molar-refractivity contribution in [1.29, 1.82) is 0 Å². The molecule has 4 fully saturated rings. The first kappa shape index (κ1) is 16.0. The predicted octanol–water partition coefficient (Wildman–Crippen LogP) is 5.08. The van der Waals surface area contributed by atoms with Gasteiger partial charge in [-0.2, -0.15) is 0 Å². The fourth-order valence-corrected chi connectivity index (χ4v) is 5.93. The van der Waals surface area contributed by atoms with Gasteiger partial charge in [-0.3, -0.25) is 0 Å². The molecule has 4 saturated carbocycles. The van der Waals surface area contributed by atoms with Gasteiger partial charge in [0.05, 0.1) is 0 Å². The van der Waals surface area contributed by atoms with Crippen molar-refractivity contribution in [3.8, 4) is 0 Å². The summed E-state index contributed by atoms with van der Waals surface area (Å²) >= 11 is 0. The number of nitrogens with one attached hydrogen (secondary N) is 2. The largest absolute Gasteiger partial charge is 0.338 e. The Kier molecular flexibility index (Phi) is 4.28. The van der Waals surface area contributed by atoms with E-state index >= 15 is 0 Å². The highest BCUT2D eigenvalue weighted by molar-refractivity contribution is 5.89. The second-order valence-electron chi connectivity index (χ2n) is 8.51. The van der Waals surface area contributed by atoms with Gasteiger partial charge in [0.25, 0.3) is 0 Å². The van der Waals surface area contributed by atoms with E-state index in [1.807, 2.05) is 0 Å². The van der Waals surface area contributed by atoms with Crippen molar-refractivity contribution in [3.63, 3.8) is 0 Å². The van der Waals surface area contributed by atoms with Crippen LogP contribution < -0.4 is 10.6 Å². The van der Waals surface area contributed by atoms with Crippen molar-refractivity contribution in [1.82, 2.24) is 5.32 Å². The lowest BCUT2D eigenvalue weighted by Gasteiger charge is -2.57. The predicted molar refractivity (Wildman–Crippen MR) is 98.2 cm³/mol. The molecule has 130 valence electrons. The van der Waals surface area contributed by atoms with E-state index in [-0.39, 0.29) is 6.03 Å². The Morgan fingerprint density at radius 1 is 1.04 bits per heavy atom. The lowest BCUT2D eigenvalue weighted by molar-refractivity contribution is -0.00518. The number of unbranched alkanes of at least 4 members (excludes halogenated alkanes) is 1. The number of urea groups is 1. The Balaban J connectivity index is 1.42. The number of carbonyl (C=O) groups is 1. The fraction of sp³-hybridized carbons (Fsp3) is 0.667. The molecule has 1 aromatic carbocycles. The Morgan fingerprint density at radius 2 is 1.62 bits per heavy atom. The first-order valence-corrected chi connectivity index (χ1v) is 9.82. The average Bonchev–Trinajstić information content (AvgIpc) is 2.54. The van der Waals surface area contributed by atoms with E-state index in [4.69, 9.17) is 0 Å². The molecule has 0 heterocycles. The van der Waals surface area contributed by atoms with Crippen LogP contribution in [0.2, 0.25) is 0 Å². The smallest absolute Gasteiger partial charge is 0.319 e. The summed E-state index contributed by atoms with van der Waals surface area (Å²) in [6.45, 7) is 2.87. The molecule has 3 nitrogen and oxygen atoms in total. The second-order valence-corrected chi connectivity index (χ2v) is 8.51. The minimum Gasteiger partial charge on any atom is -0.338 e. The Labute approximate surface area is 145 Å². The van der Waals surface area contributed by atoms with Crippen LogP contribution in [0.15, 0.2) is 24.3 Å². The van der Waals surface area contributed by atoms with Crippen LogP contribution in [0.3, 0.4) is 0 Å². The molecule has 0 aromatic heterocycles. The van der Waals surface area contributed by atoms with Gasteiger partial charge in [-0.15, -0.1) is 0 Å². The van der Waals surface area contributed by atoms with Crippen molar-refractivity contribution in [2.45, 2.75) is 63.7 Å². The molecule has 3 heteroatoms.